The summed E-state index contributed by atoms with van der Waals surface area (Å²) < 4.78 is 10.6. The number of nitrogens with one attached hydrogen (secondary N) is 1. The summed E-state index contributed by atoms with van der Waals surface area (Å²) >= 11 is 0. The maximum absolute atomic E-state index is 11.4. The van der Waals surface area contributed by atoms with Gasteiger partial charge in [0, 0.05) is 25.7 Å². The molecule has 0 unspecified atom stereocenters. The summed E-state index contributed by atoms with van der Waals surface area (Å²) in [5, 5.41) is 3.41. The van der Waals surface area contributed by atoms with Gasteiger partial charge >= 0.3 is 6.09 Å². The van der Waals surface area contributed by atoms with Gasteiger partial charge in [0.15, 0.2) is 0 Å². The topological polar surface area (TPSA) is 50.8 Å². The average molecular weight is 326 g/mol. The average Bonchev–Trinajstić information content (AvgIpc) is 3.03. The number of hydrogen-bond acceptors (Lipinski definition) is 4. The zero-order valence-electron chi connectivity index (χ0n) is 14.0. The molecular formula is C19H22N2O3. The fraction of sp³-hybridized carbons (Fsp3) is 0.316. The third-order valence-corrected chi connectivity index (χ3v) is 4.11. The molecule has 0 bridgehead atoms. The maximum atomic E-state index is 11.4. The number of methoxy groups -OCH3 is 1. The van der Waals surface area contributed by atoms with Crippen molar-refractivity contribution in [3.8, 4) is 5.75 Å². The fourth-order valence-corrected chi connectivity index (χ4v) is 2.82. The van der Waals surface area contributed by atoms with E-state index in [0.29, 0.717) is 6.54 Å². The summed E-state index contributed by atoms with van der Waals surface area (Å²) in [6.07, 6.45) is 0.758. The molecule has 0 aliphatic carbocycles. The van der Waals surface area contributed by atoms with Gasteiger partial charge < -0.3 is 19.7 Å². The number of para-hydroxylation sites is 1. The number of fused-ring (bicyclic) bond motifs is 1. The molecule has 1 aliphatic heterocycles. The minimum atomic E-state index is -0.338. The molecule has 0 saturated heterocycles. The Labute approximate surface area is 142 Å². The van der Waals surface area contributed by atoms with Crippen molar-refractivity contribution in [2.24, 2.45) is 0 Å². The van der Waals surface area contributed by atoms with Crippen molar-refractivity contribution in [2.75, 3.05) is 26.0 Å². The van der Waals surface area contributed by atoms with Crippen molar-refractivity contribution >= 4 is 11.8 Å². The second-order valence-electron chi connectivity index (χ2n) is 5.96. The second kappa shape index (κ2) is 7.25. The molecule has 1 aliphatic rings. The van der Waals surface area contributed by atoms with Crippen LogP contribution in [0.2, 0.25) is 0 Å². The van der Waals surface area contributed by atoms with E-state index in [4.69, 9.17) is 9.47 Å². The second-order valence-corrected chi connectivity index (χ2v) is 5.96. The van der Waals surface area contributed by atoms with Gasteiger partial charge in [-0.1, -0.05) is 30.3 Å². The number of carbonyl (C=O) groups is 1. The lowest BCUT2D eigenvalue weighted by molar-refractivity contribution is 0.131. The van der Waals surface area contributed by atoms with Crippen molar-refractivity contribution in [3.63, 3.8) is 0 Å². The van der Waals surface area contributed by atoms with Gasteiger partial charge in [-0.05, 0) is 29.3 Å². The van der Waals surface area contributed by atoms with E-state index >= 15 is 0 Å². The standard InChI is InChI=1S/C19H22N2O3/c1-21(19(22)23-2)13-14-7-9-16(10-8-14)20-12-17-11-15-5-3-4-6-18(15)24-17/h3-10,17,20H,11-13H2,1-2H3/t17-/m0/s1. The normalized spacial score (nSPS) is 15.3. The molecular weight excluding hydrogens is 304 g/mol. The molecule has 0 spiro atoms. The van der Waals surface area contributed by atoms with Crippen LogP contribution >= 0.6 is 0 Å². The summed E-state index contributed by atoms with van der Waals surface area (Å²) in [6.45, 7) is 1.28. The van der Waals surface area contributed by atoms with Crippen molar-refractivity contribution in [2.45, 2.75) is 19.1 Å². The first kappa shape index (κ1) is 16.2. The first-order chi connectivity index (χ1) is 11.7. The first-order valence-electron chi connectivity index (χ1n) is 8.02. The van der Waals surface area contributed by atoms with Gasteiger partial charge in [-0.2, -0.15) is 0 Å². The van der Waals surface area contributed by atoms with Gasteiger partial charge in [-0.15, -0.1) is 0 Å². The van der Waals surface area contributed by atoms with E-state index in [1.165, 1.54) is 17.6 Å². The lowest BCUT2D eigenvalue weighted by Gasteiger charge is -2.16. The van der Waals surface area contributed by atoms with Crippen LogP contribution in [0.4, 0.5) is 10.5 Å². The Morgan fingerprint density at radius 2 is 2.00 bits per heavy atom. The predicted molar refractivity (Wildman–Crippen MR) is 93.4 cm³/mol. The first-order valence-corrected chi connectivity index (χ1v) is 8.02. The Hall–Kier alpha value is -2.69. The zero-order valence-corrected chi connectivity index (χ0v) is 14.0. The molecule has 2 aromatic rings. The molecule has 1 amide bonds. The number of ether oxygens (including phenoxy) is 2. The molecule has 0 fully saturated rings. The SMILES string of the molecule is COC(=O)N(C)Cc1ccc(NC[C@@H]2Cc3ccccc3O2)cc1. The van der Waals surface area contributed by atoms with Crippen LogP contribution in [0.15, 0.2) is 48.5 Å². The van der Waals surface area contributed by atoms with Gasteiger partial charge in [0.05, 0.1) is 13.7 Å². The van der Waals surface area contributed by atoms with E-state index in [1.807, 2.05) is 42.5 Å². The molecule has 24 heavy (non-hydrogen) atoms. The van der Waals surface area contributed by atoms with Gasteiger partial charge in [0.25, 0.3) is 0 Å². The highest BCUT2D eigenvalue weighted by molar-refractivity contribution is 5.67. The van der Waals surface area contributed by atoms with Crippen molar-refractivity contribution in [1.29, 1.82) is 0 Å². The lowest BCUT2D eigenvalue weighted by atomic mass is 10.1. The molecule has 0 aromatic heterocycles. The monoisotopic (exact) mass is 326 g/mol. The predicted octanol–water partition coefficient (Wildman–Crippen LogP) is 3.30. The molecule has 0 saturated carbocycles. The summed E-state index contributed by atoms with van der Waals surface area (Å²) in [5.74, 6) is 0.991. The van der Waals surface area contributed by atoms with Gasteiger partial charge in [0.1, 0.15) is 11.9 Å². The van der Waals surface area contributed by atoms with Crippen LogP contribution in [0.25, 0.3) is 0 Å². The van der Waals surface area contributed by atoms with E-state index < -0.39 is 0 Å². The number of rotatable bonds is 5. The molecule has 1 heterocycles. The molecule has 126 valence electrons. The summed E-state index contributed by atoms with van der Waals surface area (Å²) in [4.78, 5) is 12.9. The van der Waals surface area contributed by atoms with Crippen LogP contribution < -0.4 is 10.1 Å². The van der Waals surface area contributed by atoms with Crippen molar-refractivity contribution < 1.29 is 14.3 Å². The van der Waals surface area contributed by atoms with Crippen LogP contribution in [0, 0.1) is 0 Å². The minimum Gasteiger partial charge on any atom is -0.488 e. The molecule has 1 N–H and O–H groups in total. The Kier molecular flexibility index (Phi) is 4.89. The Morgan fingerprint density at radius 3 is 2.71 bits per heavy atom. The number of benzene rings is 2. The van der Waals surface area contributed by atoms with Gasteiger partial charge in [-0.25, -0.2) is 4.79 Å². The number of amides is 1. The Bertz CT molecular complexity index is 675. The van der Waals surface area contributed by atoms with E-state index in [-0.39, 0.29) is 12.2 Å². The number of hydrogen-bond donors (Lipinski definition) is 1. The van der Waals surface area contributed by atoms with Crippen LogP contribution in [0.3, 0.4) is 0 Å². The van der Waals surface area contributed by atoms with E-state index in [1.54, 1.807) is 7.05 Å². The summed E-state index contributed by atoms with van der Waals surface area (Å²) in [5.41, 5.74) is 3.36. The highest BCUT2D eigenvalue weighted by Gasteiger charge is 2.21. The maximum Gasteiger partial charge on any atom is 0.409 e. The van der Waals surface area contributed by atoms with Gasteiger partial charge in [-0.3, -0.25) is 0 Å². The largest absolute Gasteiger partial charge is 0.488 e. The van der Waals surface area contributed by atoms with Crippen molar-refractivity contribution in [1.82, 2.24) is 4.90 Å². The highest BCUT2D eigenvalue weighted by atomic mass is 16.5. The number of nitrogens with zero attached hydrogens (tertiary/aromatic N) is 1. The van der Waals surface area contributed by atoms with E-state index in [2.05, 4.69) is 11.4 Å². The van der Waals surface area contributed by atoms with E-state index in [9.17, 15) is 4.79 Å². The summed E-state index contributed by atoms with van der Waals surface area (Å²) in [7, 11) is 3.10. The molecule has 5 heteroatoms. The van der Waals surface area contributed by atoms with E-state index in [0.717, 1.165) is 30.0 Å². The van der Waals surface area contributed by atoms with Crippen LogP contribution in [-0.2, 0) is 17.7 Å². The van der Waals surface area contributed by atoms with Gasteiger partial charge in [0.2, 0.25) is 0 Å². The smallest absolute Gasteiger partial charge is 0.409 e. The number of carbonyl (C=O) groups excluding carboxylic acids is 1. The Balaban J connectivity index is 1.50. The molecule has 3 rings (SSSR count). The molecule has 2 aromatic carbocycles. The number of anilines is 1. The third kappa shape index (κ3) is 3.79. The summed E-state index contributed by atoms with van der Waals surface area (Å²) in [6, 6.07) is 16.2. The molecule has 5 nitrogen and oxygen atoms in total. The highest BCUT2D eigenvalue weighted by Crippen LogP contribution is 2.28. The van der Waals surface area contributed by atoms with Crippen molar-refractivity contribution in [3.05, 3.63) is 59.7 Å². The van der Waals surface area contributed by atoms with Crippen LogP contribution in [0.1, 0.15) is 11.1 Å². The quantitative estimate of drug-likeness (QED) is 0.916. The third-order valence-electron chi connectivity index (χ3n) is 4.11. The molecule has 0 radical (unpaired) electrons. The zero-order chi connectivity index (χ0) is 16.9. The van der Waals surface area contributed by atoms with Crippen LogP contribution in [-0.4, -0.2) is 37.8 Å². The Morgan fingerprint density at radius 1 is 1.25 bits per heavy atom. The van der Waals surface area contributed by atoms with Crippen LogP contribution in [0.5, 0.6) is 5.75 Å². The fourth-order valence-electron chi connectivity index (χ4n) is 2.82. The lowest BCUT2D eigenvalue weighted by Crippen LogP contribution is -2.26. The molecule has 1 atom stereocenters. The minimum absolute atomic E-state index is 0.160.